The fraction of sp³-hybridized carbons (Fsp3) is 0.200. The van der Waals surface area contributed by atoms with Crippen LogP contribution in [0.1, 0.15) is 24.0 Å². The van der Waals surface area contributed by atoms with Gasteiger partial charge in [0, 0.05) is 29.1 Å². The molecule has 2 aromatic carbocycles. The molecule has 0 bridgehead atoms. The molecule has 6 heteroatoms. The van der Waals surface area contributed by atoms with Crippen molar-refractivity contribution < 1.29 is 14.3 Å². The molecule has 2 heterocycles. The molecular weight excluding hydrogens is 330 g/mol. The number of hydrogen-bond donors (Lipinski definition) is 3. The van der Waals surface area contributed by atoms with Crippen molar-refractivity contribution in [1.29, 1.82) is 5.41 Å². The van der Waals surface area contributed by atoms with E-state index in [1.165, 1.54) is 0 Å². The van der Waals surface area contributed by atoms with E-state index < -0.39 is 6.10 Å². The van der Waals surface area contributed by atoms with E-state index in [9.17, 15) is 4.79 Å². The number of amidine groups is 1. The molecule has 1 saturated heterocycles. The van der Waals surface area contributed by atoms with Crippen LogP contribution in [0, 0.1) is 5.41 Å². The Morgan fingerprint density at radius 1 is 1.23 bits per heavy atom. The van der Waals surface area contributed by atoms with Crippen molar-refractivity contribution in [3.63, 3.8) is 0 Å². The summed E-state index contributed by atoms with van der Waals surface area (Å²) in [6.07, 6.45) is 1.20. The summed E-state index contributed by atoms with van der Waals surface area (Å²) in [5.74, 6) is 0.321. The Kier molecular flexibility index (Phi) is 4.08. The van der Waals surface area contributed by atoms with Gasteiger partial charge in [-0.05, 0) is 23.3 Å². The third-order valence-corrected chi connectivity index (χ3v) is 4.62. The van der Waals surface area contributed by atoms with Crippen molar-refractivity contribution in [3.05, 3.63) is 65.9 Å². The van der Waals surface area contributed by atoms with E-state index in [0.717, 1.165) is 27.8 Å². The van der Waals surface area contributed by atoms with Crippen molar-refractivity contribution in [2.75, 3.05) is 0 Å². The van der Waals surface area contributed by atoms with E-state index in [4.69, 9.17) is 14.9 Å². The molecule has 6 nitrogen and oxygen atoms in total. The standard InChI is InChI=1S/C20H19N3O3/c1-12(18-19(24)23-20(21)26-18)16-10-22-17-9-14(7-8-15(16)17)25-11-13-5-3-2-4-6-13/h2-10,12,18,22H,11H2,1H3,(H2,21,23,24)/t12-,18+/m1/s1. The Morgan fingerprint density at radius 3 is 2.77 bits per heavy atom. The molecule has 0 unspecified atom stereocenters. The van der Waals surface area contributed by atoms with Crippen LogP contribution >= 0.6 is 0 Å². The van der Waals surface area contributed by atoms with Gasteiger partial charge in [-0.2, -0.15) is 0 Å². The van der Waals surface area contributed by atoms with Crippen LogP contribution in [0.25, 0.3) is 10.9 Å². The van der Waals surface area contributed by atoms with Crippen molar-refractivity contribution in [3.8, 4) is 5.75 Å². The summed E-state index contributed by atoms with van der Waals surface area (Å²) in [5, 5.41) is 10.9. The van der Waals surface area contributed by atoms with Crippen LogP contribution in [0.15, 0.2) is 54.7 Å². The van der Waals surface area contributed by atoms with E-state index >= 15 is 0 Å². The second-order valence-electron chi connectivity index (χ2n) is 6.37. The molecule has 4 rings (SSSR count). The molecule has 0 radical (unpaired) electrons. The SMILES string of the molecule is C[C@H](c1c[nH]c2cc(OCc3ccccc3)ccc12)[C@@H]1OC(=N)NC1=O. The average molecular weight is 349 g/mol. The topological polar surface area (TPSA) is 87.2 Å². The second-order valence-corrected chi connectivity index (χ2v) is 6.37. The summed E-state index contributed by atoms with van der Waals surface area (Å²) in [7, 11) is 0. The zero-order valence-electron chi connectivity index (χ0n) is 14.3. The van der Waals surface area contributed by atoms with Gasteiger partial charge in [-0.25, -0.2) is 0 Å². The van der Waals surface area contributed by atoms with Gasteiger partial charge in [0.1, 0.15) is 12.4 Å². The highest BCUT2D eigenvalue weighted by atomic mass is 16.5. The first-order chi connectivity index (χ1) is 12.6. The summed E-state index contributed by atoms with van der Waals surface area (Å²) in [4.78, 5) is 15.2. The number of H-pyrrole nitrogens is 1. The van der Waals surface area contributed by atoms with E-state index in [1.807, 2.05) is 61.7 Å². The molecule has 2 atom stereocenters. The van der Waals surface area contributed by atoms with Gasteiger partial charge in [0.2, 0.25) is 0 Å². The molecule has 0 spiro atoms. The molecule has 1 fully saturated rings. The Balaban J connectivity index is 1.54. The number of rotatable bonds is 5. The van der Waals surface area contributed by atoms with Crippen LogP contribution < -0.4 is 10.1 Å². The molecule has 1 amide bonds. The van der Waals surface area contributed by atoms with Crippen LogP contribution in [-0.2, 0) is 16.1 Å². The molecule has 3 aromatic rings. The van der Waals surface area contributed by atoms with E-state index in [1.54, 1.807) is 0 Å². The highest BCUT2D eigenvalue weighted by molar-refractivity contribution is 6.01. The number of amides is 1. The van der Waals surface area contributed by atoms with Gasteiger partial charge in [0.05, 0.1) is 0 Å². The first-order valence-electron chi connectivity index (χ1n) is 8.45. The Morgan fingerprint density at radius 2 is 2.04 bits per heavy atom. The third-order valence-electron chi connectivity index (χ3n) is 4.62. The minimum Gasteiger partial charge on any atom is -0.489 e. The van der Waals surface area contributed by atoms with Gasteiger partial charge in [-0.3, -0.25) is 15.5 Å². The van der Waals surface area contributed by atoms with Crippen molar-refractivity contribution >= 4 is 22.8 Å². The molecular formula is C20H19N3O3. The van der Waals surface area contributed by atoms with E-state index in [-0.39, 0.29) is 17.8 Å². The van der Waals surface area contributed by atoms with Crippen LogP contribution in [0.3, 0.4) is 0 Å². The quantitative estimate of drug-likeness (QED) is 0.660. The number of ether oxygens (including phenoxy) is 2. The number of nitrogens with one attached hydrogen (secondary N) is 3. The number of carbonyl (C=O) groups is 1. The van der Waals surface area contributed by atoms with Crippen molar-refractivity contribution in [2.24, 2.45) is 0 Å². The minimum absolute atomic E-state index is 0.178. The van der Waals surface area contributed by atoms with Crippen LogP contribution in [-0.4, -0.2) is 23.0 Å². The van der Waals surface area contributed by atoms with Crippen LogP contribution in [0.2, 0.25) is 0 Å². The van der Waals surface area contributed by atoms with Gasteiger partial charge in [0.25, 0.3) is 11.9 Å². The number of fused-ring (bicyclic) bond motifs is 1. The zero-order valence-corrected chi connectivity index (χ0v) is 14.3. The lowest BCUT2D eigenvalue weighted by molar-refractivity contribution is -0.124. The molecule has 1 aliphatic rings. The first kappa shape index (κ1) is 16.2. The molecule has 132 valence electrons. The van der Waals surface area contributed by atoms with Crippen molar-refractivity contribution in [2.45, 2.75) is 25.6 Å². The fourth-order valence-corrected chi connectivity index (χ4v) is 3.22. The molecule has 26 heavy (non-hydrogen) atoms. The Hall–Kier alpha value is -3.28. The second kappa shape index (κ2) is 6.55. The predicted molar refractivity (Wildman–Crippen MR) is 98.2 cm³/mol. The smallest absolute Gasteiger partial charge is 0.289 e. The Bertz CT molecular complexity index is 965. The number of carbonyl (C=O) groups excluding carboxylic acids is 1. The summed E-state index contributed by atoms with van der Waals surface area (Å²) in [5.41, 5.74) is 3.02. The van der Waals surface area contributed by atoms with Crippen LogP contribution in [0.4, 0.5) is 0 Å². The summed E-state index contributed by atoms with van der Waals surface area (Å²) < 4.78 is 11.2. The molecule has 3 N–H and O–H groups in total. The number of benzene rings is 2. The fourth-order valence-electron chi connectivity index (χ4n) is 3.22. The summed E-state index contributed by atoms with van der Waals surface area (Å²) in [6.45, 7) is 2.43. The molecule has 0 aliphatic carbocycles. The van der Waals surface area contributed by atoms with Gasteiger partial charge >= 0.3 is 0 Å². The zero-order chi connectivity index (χ0) is 18.1. The predicted octanol–water partition coefficient (Wildman–Crippen LogP) is 3.30. The number of hydrogen-bond acceptors (Lipinski definition) is 4. The lowest BCUT2D eigenvalue weighted by Crippen LogP contribution is -2.28. The summed E-state index contributed by atoms with van der Waals surface area (Å²) in [6, 6.07) is 15.7. The summed E-state index contributed by atoms with van der Waals surface area (Å²) >= 11 is 0. The maximum Gasteiger partial charge on any atom is 0.289 e. The molecule has 0 saturated carbocycles. The largest absolute Gasteiger partial charge is 0.489 e. The van der Waals surface area contributed by atoms with E-state index in [0.29, 0.717) is 6.61 Å². The Labute approximate surface area is 150 Å². The number of aromatic amines is 1. The van der Waals surface area contributed by atoms with Gasteiger partial charge < -0.3 is 14.5 Å². The monoisotopic (exact) mass is 349 g/mol. The van der Waals surface area contributed by atoms with Gasteiger partial charge in [0.15, 0.2) is 6.10 Å². The maximum absolute atomic E-state index is 11.9. The lowest BCUT2D eigenvalue weighted by Gasteiger charge is -2.15. The van der Waals surface area contributed by atoms with Gasteiger partial charge in [-0.1, -0.05) is 37.3 Å². The highest BCUT2D eigenvalue weighted by Crippen LogP contribution is 2.32. The normalized spacial score (nSPS) is 17.8. The lowest BCUT2D eigenvalue weighted by atomic mass is 9.94. The minimum atomic E-state index is -0.685. The number of aromatic nitrogens is 1. The molecule has 1 aromatic heterocycles. The molecule has 1 aliphatic heterocycles. The van der Waals surface area contributed by atoms with Gasteiger partial charge in [-0.15, -0.1) is 0 Å². The first-order valence-corrected chi connectivity index (χ1v) is 8.45. The third kappa shape index (κ3) is 3.01. The van der Waals surface area contributed by atoms with Crippen LogP contribution in [0.5, 0.6) is 5.75 Å². The average Bonchev–Trinajstić information content (AvgIpc) is 3.22. The van der Waals surface area contributed by atoms with E-state index in [2.05, 4.69) is 10.3 Å². The maximum atomic E-state index is 11.9. The van der Waals surface area contributed by atoms with Crippen molar-refractivity contribution in [1.82, 2.24) is 10.3 Å². The highest BCUT2D eigenvalue weighted by Gasteiger charge is 2.36.